The van der Waals surface area contributed by atoms with Gasteiger partial charge in [-0.3, -0.25) is 4.68 Å². The first kappa shape index (κ1) is 22.6. The molecule has 1 aliphatic heterocycles. The van der Waals surface area contributed by atoms with E-state index in [1.807, 2.05) is 36.0 Å². The number of hydrogen-bond donors (Lipinski definition) is 1. The normalized spacial score (nSPS) is 15.6. The van der Waals surface area contributed by atoms with Crippen LogP contribution in [0.3, 0.4) is 0 Å². The Morgan fingerprint density at radius 1 is 1.06 bits per heavy atom. The highest BCUT2D eigenvalue weighted by atomic mass is 19.1. The van der Waals surface area contributed by atoms with Crippen LogP contribution in [0.5, 0.6) is 0 Å². The second-order valence-electron chi connectivity index (χ2n) is 9.58. The van der Waals surface area contributed by atoms with E-state index in [-0.39, 0.29) is 17.7 Å². The van der Waals surface area contributed by atoms with E-state index < -0.39 is 0 Å². The van der Waals surface area contributed by atoms with E-state index in [0.717, 1.165) is 41.1 Å². The molecule has 0 amide bonds. The summed E-state index contributed by atoms with van der Waals surface area (Å²) in [6.07, 6.45) is 4.18. The molecule has 7 nitrogen and oxygen atoms in total. The fourth-order valence-electron chi connectivity index (χ4n) is 5.30. The van der Waals surface area contributed by atoms with Gasteiger partial charge in [0.25, 0.3) is 0 Å². The van der Waals surface area contributed by atoms with Gasteiger partial charge >= 0.3 is 0 Å². The lowest BCUT2D eigenvalue weighted by Gasteiger charge is -2.20. The van der Waals surface area contributed by atoms with Gasteiger partial charge in [0.05, 0.1) is 39.9 Å². The highest BCUT2D eigenvalue weighted by Crippen LogP contribution is 2.36. The van der Waals surface area contributed by atoms with Crippen molar-refractivity contribution in [2.24, 2.45) is 7.05 Å². The summed E-state index contributed by atoms with van der Waals surface area (Å²) in [6, 6.07) is 7.29. The van der Waals surface area contributed by atoms with Crippen molar-refractivity contribution in [3.8, 4) is 22.8 Å². The lowest BCUT2D eigenvalue weighted by molar-refractivity contribution is 0.538. The van der Waals surface area contributed by atoms with Gasteiger partial charge in [0, 0.05) is 37.8 Å². The van der Waals surface area contributed by atoms with Crippen molar-refractivity contribution in [3.63, 3.8) is 0 Å². The van der Waals surface area contributed by atoms with Crippen LogP contribution >= 0.6 is 0 Å². The molecule has 2 aromatic carbocycles. The first-order valence-corrected chi connectivity index (χ1v) is 12.0. The summed E-state index contributed by atoms with van der Waals surface area (Å²) in [6.45, 7) is 8.31. The average molecular weight is 488 g/mol. The number of aromatic nitrogens is 6. The SMILES string of the molecule is Cc1cc(-n2nc3c(c2-c2cn(-c4ccc5c(cnn5C)c4F)c(C)n2)[C@H](C)NCC3)cc(C)c1F. The van der Waals surface area contributed by atoms with Crippen LogP contribution in [0.25, 0.3) is 33.7 Å². The van der Waals surface area contributed by atoms with Crippen LogP contribution in [-0.2, 0) is 13.5 Å². The Balaban J connectivity index is 1.57. The number of rotatable bonds is 3. The van der Waals surface area contributed by atoms with E-state index >= 15 is 4.39 Å². The fraction of sp³-hybridized carbons (Fsp3) is 0.296. The van der Waals surface area contributed by atoms with Gasteiger partial charge in [0.2, 0.25) is 0 Å². The molecule has 36 heavy (non-hydrogen) atoms. The lowest BCUT2D eigenvalue weighted by Crippen LogP contribution is -2.27. The van der Waals surface area contributed by atoms with Crippen molar-refractivity contribution in [1.29, 1.82) is 0 Å². The molecule has 9 heteroatoms. The molecule has 0 fully saturated rings. The minimum atomic E-state index is -0.344. The molecular formula is C27H27F2N7. The van der Waals surface area contributed by atoms with Gasteiger partial charge in [-0.05, 0) is 63.1 Å². The maximum atomic E-state index is 15.5. The van der Waals surface area contributed by atoms with Gasteiger partial charge in [-0.1, -0.05) is 0 Å². The van der Waals surface area contributed by atoms with E-state index in [0.29, 0.717) is 33.7 Å². The fourth-order valence-corrected chi connectivity index (χ4v) is 5.30. The Kier molecular flexibility index (Phi) is 5.08. The molecule has 0 bridgehead atoms. The van der Waals surface area contributed by atoms with Gasteiger partial charge in [-0.25, -0.2) is 18.4 Å². The monoisotopic (exact) mass is 487 g/mol. The number of hydrogen-bond acceptors (Lipinski definition) is 4. The molecule has 0 aliphatic carbocycles. The molecule has 5 aromatic rings. The number of nitrogens with zero attached hydrogens (tertiary/aromatic N) is 6. The molecule has 4 heterocycles. The Labute approximate surface area is 207 Å². The topological polar surface area (TPSA) is 65.5 Å². The zero-order valence-electron chi connectivity index (χ0n) is 20.9. The van der Waals surface area contributed by atoms with Crippen molar-refractivity contribution < 1.29 is 8.78 Å². The minimum absolute atomic E-state index is 0.0640. The highest BCUT2D eigenvalue weighted by molar-refractivity contribution is 5.82. The number of benzene rings is 2. The lowest BCUT2D eigenvalue weighted by atomic mass is 9.98. The third kappa shape index (κ3) is 3.30. The van der Waals surface area contributed by atoms with Crippen LogP contribution < -0.4 is 5.32 Å². The van der Waals surface area contributed by atoms with Gasteiger partial charge in [-0.15, -0.1) is 0 Å². The Morgan fingerprint density at radius 3 is 2.56 bits per heavy atom. The molecular weight excluding hydrogens is 460 g/mol. The summed E-state index contributed by atoms with van der Waals surface area (Å²) < 4.78 is 35.3. The van der Waals surface area contributed by atoms with Crippen LogP contribution in [0.1, 0.15) is 41.2 Å². The molecule has 0 radical (unpaired) electrons. The van der Waals surface area contributed by atoms with Crippen LogP contribution in [-0.4, -0.2) is 35.7 Å². The molecule has 184 valence electrons. The van der Waals surface area contributed by atoms with Gasteiger partial charge in [-0.2, -0.15) is 10.2 Å². The number of nitrogens with one attached hydrogen (secondary N) is 1. The third-order valence-corrected chi connectivity index (χ3v) is 7.14. The smallest absolute Gasteiger partial charge is 0.158 e. The molecule has 0 saturated carbocycles. The van der Waals surface area contributed by atoms with Crippen LogP contribution in [0.4, 0.5) is 8.78 Å². The van der Waals surface area contributed by atoms with Crippen molar-refractivity contribution in [2.45, 2.75) is 40.2 Å². The van der Waals surface area contributed by atoms with Gasteiger partial charge in [0.1, 0.15) is 17.3 Å². The highest BCUT2D eigenvalue weighted by Gasteiger charge is 2.29. The van der Waals surface area contributed by atoms with E-state index in [9.17, 15) is 4.39 Å². The van der Waals surface area contributed by atoms with E-state index in [1.165, 1.54) is 0 Å². The Hall–Kier alpha value is -3.85. The second-order valence-corrected chi connectivity index (χ2v) is 9.58. The van der Waals surface area contributed by atoms with E-state index in [4.69, 9.17) is 10.1 Å². The Morgan fingerprint density at radius 2 is 1.81 bits per heavy atom. The maximum absolute atomic E-state index is 15.5. The average Bonchev–Trinajstić information content (AvgIpc) is 3.53. The molecule has 1 atom stereocenters. The van der Waals surface area contributed by atoms with Crippen molar-refractivity contribution in [3.05, 3.63) is 76.5 Å². The molecule has 0 saturated heterocycles. The Bertz CT molecular complexity index is 1630. The second kappa shape index (κ2) is 8.09. The van der Waals surface area contributed by atoms with Crippen LogP contribution in [0.15, 0.2) is 36.7 Å². The summed E-state index contributed by atoms with van der Waals surface area (Å²) in [7, 11) is 1.79. The first-order valence-electron chi connectivity index (χ1n) is 12.0. The van der Waals surface area contributed by atoms with Gasteiger partial charge in [0.15, 0.2) is 5.82 Å². The van der Waals surface area contributed by atoms with E-state index in [2.05, 4.69) is 17.3 Å². The zero-order valence-corrected chi connectivity index (χ0v) is 20.9. The van der Waals surface area contributed by atoms with Gasteiger partial charge < -0.3 is 9.88 Å². The summed E-state index contributed by atoms with van der Waals surface area (Å²) >= 11 is 0. The van der Waals surface area contributed by atoms with Crippen molar-refractivity contribution >= 4 is 10.9 Å². The number of fused-ring (bicyclic) bond motifs is 2. The minimum Gasteiger partial charge on any atom is -0.310 e. The zero-order chi connectivity index (χ0) is 25.3. The molecule has 3 aromatic heterocycles. The molecule has 0 unspecified atom stereocenters. The molecule has 6 rings (SSSR count). The number of imidazole rings is 1. The van der Waals surface area contributed by atoms with E-state index in [1.54, 1.807) is 42.4 Å². The summed E-state index contributed by atoms with van der Waals surface area (Å²) in [5.41, 5.74) is 6.60. The summed E-state index contributed by atoms with van der Waals surface area (Å²) in [5.74, 6) is 0.0909. The first-order chi connectivity index (χ1) is 17.2. The molecule has 1 N–H and O–H groups in total. The number of aryl methyl sites for hydroxylation is 4. The van der Waals surface area contributed by atoms with Crippen molar-refractivity contribution in [2.75, 3.05) is 6.54 Å². The summed E-state index contributed by atoms with van der Waals surface area (Å²) in [5, 5.41) is 13.1. The largest absolute Gasteiger partial charge is 0.310 e. The predicted octanol–water partition coefficient (Wildman–Crippen LogP) is 5.02. The maximum Gasteiger partial charge on any atom is 0.158 e. The standard InChI is InChI=1S/C27H27F2N7/c1-14-10-18(11-15(2)25(14)28)36-27(24-16(3)30-9-8-20(24)33-36)21-13-35(17(4)32-21)23-7-6-22-19(26(23)29)12-31-34(22)5/h6-7,10-13,16,30H,8-9H2,1-5H3/t16-/m0/s1. The van der Waals surface area contributed by atoms with Crippen LogP contribution in [0.2, 0.25) is 0 Å². The summed E-state index contributed by atoms with van der Waals surface area (Å²) in [4.78, 5) is 4.86. The predicted molar refractivity (Wildman–Crippen MR) is 135 cm³/mol. The van der Waals surface area contributed by atoms with Crippen LogP contribution in [0, 0.1) is 32.4 Å². The number of halogens is 2. The quantitative estimate of drug-likeness (QED) is 0.388. The molecule has 1 aliphatic rings. The van der Waals surface area contributed by atoms with Crippen molar-refractivity contribution in [1.82, 2.24) is 34.4 Å². The third-order valence-electron chi connectivity index (χ3n) is 7.14. The molecule has 0 spiro atoms.